The van der Waals surface area contributed by atoms with E-state index in [2.05, 4.69) is 5.32 Å². The van der Waals surface area contributed by atoms with E-state index in [1.165, 1.54) is 0 Å². The van der Waals surface area contributed by atoms with Crippen LogP contribution in [-0.2, 0) is 0 Å². The first-order valence-corrected chi connectivity index (χ1v) is 6.05. The number of rotatable bonds is 5. The second-order valence-corrected chi connectivity index (χ2v) is 5.72. The molecular weight excluding hydrogens is 251 g/mol. The van der Waals surface area contributed by atoms with Crippen LogP contribution in [0, 0.1) is 21.3 Å². The largest absolute Gasteiger partial charge is 0.391 e. The van der Waals surface area contributed by atoms with Crippen molar-refractivity contribution in [2.24, 2.45) is 5.41 Å². The van der Waals surface area contributed by atoms with Gasteiger partial charge in [-0.15, -0.1) is 0 Å². The molecule has 1 atom stereocenters. The predicted molar refractivity (Wildman–Crippen MR) is 71.6 cm³/mol. The molecule has 19 heavy (non-hydrogen) atoms. The second kappa shape index (κ2) is 5.97. The number of halogens is 1. The van der Waals surface area contributed by atoms with Gasteiger partial charge in [-0.3, -0.25) is 10.1 Å². The fourth-order valence-electron chi connectivity index (χ4n) is 1.82. The summed E-state index contributed by atoms with van der Waals surface area (Å²) in [6.07, 6.45) is -0.105. The van der Waals surface area contributed by atoms with Gasteiger partial charge in [0.25, 0.3) is 5.69 Å². The molecule has 0 aliphatic carbocycles. The molecule has 0 saturated carbocycles. The summed E-state index contributed by atoms with van der Waals surface area (Å²) < 4.78 is 13.1. The van der Waals surface area contributed by atoms with Crippen molar-refractivity contribution in [2.45, 2.75) is 33.3 Å². The molecule has 1 rings (SSSR count). The fourth-order valence-corrected chi connectivity index (χ4v) is 1.82. The zero-order valence-corrected chi connectivity index (χ0v) is 11.3. The topological polar surface area (TPSA) is 75.4 Å². The molecule has 0 fully saturated rings. The molecule has 0 heterocycles. The van der Waals surface area contributed by atoms with Crippen molar-refractivity contribution in [3.8, 4) is 0 Å². The van der Waals surface area contributed by atoms with E-state index in [1.54, 1.807) is 0 Å². The molecule has 0 radical (unpaired) electrons. The number of nitro groups is 1. The van der Waals surface area contributed by atoms with Crippen molar-refractivity contribution in [1.82, 2.24) is 0 Å². The molecule has 5 nitrogen and oxygen atoms in total. The van der Waals surface area contributed by atoms with E-state index in [4.69, 9.17) is 0 Å². The highest BCUT2D eigenvalue weighted by atomic mass is 19.1. The van der Waals surface area contributed by atoms with Gasteiger partial charge in [-0.25, -0.2) is 4.39 Å². The zero-order valence-electron chi connectivity index (χ0n) is 11.3. The third kappa shape index (κ3) is 5.21. The molecule has 0 amide bonds. The summed E-state index contributed by atoms with van der Waals surface area (Å²) in [5.74, 6) is -0.557. The Labute approximate surface area is 111 Å². The molecule has 106 valence electrons. The van der Waals surface area contributed by atoms with E-state index >= 15 is 0 Å². The Hall–Kier alpha value is -1.69. The summed E-state index contributed by atoms with van der Waals surface area (Å²) in [5.41, 5.74) is -0.170. The lowest BCUT2D eigenvalue weighted by molar-refractivity contribution is -0.384. The lowest BCUT2D eigenvalue weighted by atomic mass is 9.89. The first-order chi connectivity index (χ1) is 8.69. The van der Waals surface area contributed by atoms with Crippen LogP contribution in [0.2, 0.25) is 0 Å². The molecular formula is C13H19FN2O3. The van der Waals surface area contributed by atoms with Crippen molar-refractivity contribution >= 4 is 11.4 Å². The minimum absolute atomic E-state index is 0.0467. The first kappa shape index (κ1) is 15.4. The molecule has 0 aromatic heterocycles. The van der Waals surface area contributed by atoms with Crippen LogP contribution in [0.3, 0.4) is 0 Å². The van der Waals surface area contributed by atoms with Crippen molar-refractivity contribution in [3.63, 3.8) is 0 Å². The summed E-state index contributed by atoms with van der Waals surface area (Å²) in [5, 5.41) is 23.3. The van der Waals surface area contributed by atoms with Gasteiger partial charge in [0, 0.05) is 18.7 Å². The lowest BCUT2D eigenvalue weighted by Gasteiger charge is -2.22. The highest BCUT2D eigenvalue weighted by Gasteiger charge is 2.19. The van der Waals surface area contributed by atoms with E-state index in [0.717, 1.165) is 18.2 Å². The molecule has 1 aromatic rings. The monoisotopic (exact) mass is 270 g/mol. The van der Waals surface area contributed by atoms with Gasteiger partial charge in [0.05, 0.1) is 11.0 Å². The Bertz CT molecular complexity index is 458. The Morgan fingerprint density at radius 3 is 2.63 bits per heavy atom. The maximum absolute atomic E-state index is 13.1. The standard InChI is InChI=1S/C13H19FN2O3/c1-13(2,3)7-10(17)8-15-11-6-9(14)4-5-12(11)16(18)19/h4-6,10,15,17H,7-8H2,1-3H3. The SMILES string of the molecule is CC(C)(C)CC(O)CNc1cc(F)ccc1[N+](=O)[O-]. The van der Waals surface area contributed by atoms with Crippen molar-refractivity contribution in [1.29, 1.82) is 0 Å². The van der Waals surface area contributed by atoms with Crippen molar-refractivity contribution in [3.05, 3.63) is 34.1 Å². The van der Waals surface area contributed by atoms with Crippen LogP contribution in [0.15, 0.2) is 18.2 Å². The second-order valence-electron chi connectivity index (χ2n) is 5.72. The van der Waals surface area contributed by atoms with Crippen molar-refractivity contribution < 1.29 is 14.4 Å². The Morgan fingerprint density at radius 2 is 2.11 bits per heavy atom. The number of hydrogen-bond donors (Lipinski definition) is 2. The molecule has 0 aliphatic heterocycles. The Morgan fingerprint density at radius 1 is 1.47 bits per heavy atom. The quantitative estimate of drug-likeness (QED) is 0.637. The molecule has 2 N–H and O–H groups in total. The van der Waals surface area contributed by atoms with E-state index in [1.807, 2.05) is 20.8 Å². The Balaban J connectivity index is 2.72. The van der Waals surface area contributed by atoms with Gasteiger partial charge >= 0.3 is 0 Å². The summed E-state index contributed by atoms with van der Waals surface area (Å²) in [4.78, 5) is 10.2. The molecule has 6 heteroatoms. The van der Waals surface area contributed by atoms with Gasteiger partial charge in [0.2, 0.25) is 0 Å². The number of nitrogens with zero attached hydrogens (tertiary/aromatic N) is 1. The Kier molecular flexibility index (Phi) is 4.83. The molecule has 0 aliphatic rings. The summed E-state index contributed by atoms with van der Waals surface area (Å²) in [6, 6.07) is 3.20. The van der Waals surface area contributed by atoms with Crippen LogP contribution < -0.4 is 5.32 Å². The third-order valence-electron chi connectivity index (χ3n) is 2.53. The smallest absolute Gasteiger partial charge is 0.292 e. The van der Waals surface area contributed by atoms with Crippen LogP contribution in [0.4, 0.5) is 15.8 Å². The third-order valence-corrected chi connectivity index (χ3v) is 2.53. The van der Waals surface area contributed by atoms with Crippen LogP contribution in [-0.4, -0.2) is 22.7 Å². The molecule has 1 unspecified atom stereocenters. The minimum atomic E-state index is -0.650. The van der Waals surface area contributed by atoms with Crippen LogP contribution in [0.1, 0.15) is 27.2 Å². The summed E-state index contributed by atoms with van der Waals surface area (Å²) in [6.45, 7) is 6.10. The highest BCUT2D eigenvalue weighted by molar-refractivity contribution is 5.61. The molecule has 0 bridgehead atoms. The van der Waals surface area contributed by atoms with Gasteiger partial charge in [-0.2, -0.15) is 0 Å². The van der Waals surface area contributed by atoms with E-state index in [0.29, 0.717) is 6.42 Å². The average molecular weight is 270 g/mol. The number of nitro benzene ring substituents is 1. The van der Waals surface area contributed by atoms with Crippen LogP contribution in [0.5, 0.6) is 0 Å². The molecule has 1 aromatic carbocycles. The lowest BCUT2D eigenvalue weighted by Crippen LogP contribution is -2.25. The number of nitrogens with one attached hydrogen (secondary N) is 1. The summed E-state index contributed by atoms with van der Waals surface area (Å²) >= 11 is 0. The van der Waals surface area contributed by atoms with Crippen LogP contribution in [0.25, 0.3) is 0 Å². The minimum Gasteiger partial charge on any atom is -0.391 e. The van der Waals surface area contributed by atoms with Crippen LogP contribution >= 0.6 is 0 Å². The zero-order chi connectivity index (χ0) is 14.6. The number of benzene rings is 1. The highest BCUT2D eigenvalue weighted by Crippen LogP contribution is 2.26. The predicted octanol–water partition coefficient (Wildman–Crippen LogP) is 2.94. The summed E-state index contributed by atoms with van der Waals surface area (Å²) in [7, 11) is 0. The first-order valence-electron chi connectivity index (χ1n) is 6.05. The normalized spacial score (nSPS) is 13.1. The van der Waals surface area contributed by atoms with Gasteiger partial charge in [-0.05, 0) is 17.9 Å². The number of anilines is 1. The average Bonchev–Trinajstić information content (AvgIpc) is 2.23. The maximum Gasteiger partial charge on any atom is 0.292 e. The van der Waals surface area contributed by atoms with Gasteiger partial charge in [0.15, 0.2) is 0 Å². The number of hydrogen-bond acceptors (Lipinski definition) is 4. The van der Waals surface area contributed by atoms with Gasteiger partial charge in [-0.1, -0.05) is 20.8 Å². The molecule has 0 saturated heterocycles. The number of aliphatic hydroxyl groups is 1. The molecule has 0 spiro atoms. The van der Waals surface area contributed by atoms with E-state index in [9.17, 15) is 19.6 Å². The van der Waals surface area contributed by atoms with E-state index < -0.39 is 16.8 Å². The fraction of sp³-hybridized carbons (Fsp3) is 0.538. The van der Waals surface area contributed by atoms with Gasteiger partial charge < -0.3 is 10.4 Å². The van der Waals surface area contributed by atoms with Gasteiger partial charge in [0.1, 0.15) is 11.5 Å². The van der Waals surface area contributed by atoms with E-state index in [-0.39, 0.29) is 23.3 Å². The number of aliphatic hydroxyl groups excluding tert-OH is 1. The maximum atomic E-state index is 13.1. The van der Waals surface area contributed by atoms with Crippen molar-refractivity contribution in [2.75, 3.05) is 11.9 Å².